The Hall–Kier alpha value is -2.20. The zero-order chi connectivity index (χ0) is 18.5. The van der Waals surface area contributed by atoms with Gasteiger partial charge in [0.25, 0.3) is 0 Å². The number of ether oxygens (including phenoxy) is 1. The average Bonchev–Trinajstić information content (AvgIpc) is 2.70. The van der Waals surface area contributed by atoms with Crippen LogP contribution in [0.5, 0.6) is 5.75 Å². The Morgan fingerprint density at radius 2 is 1.77 bits per heavy atom. The van der Waals surface area contributed by atoms with Crippen molar-refractivity contribution in [1.82, 2.24) is 4.90 Å². The SMILES string of the molecule is CCCCN1C(=O)[C@H](S)[C@@H](c2ccccc2)C=C1c1ccc(OC)cc1. The van der Waals surface area contributed by atoms with Gasteiger partial charge in [-0.2, -0.15) is 12.6 Å². The Bertz CT molecular complexity index is 770. The molecule has 26 heavy (non-hydrogen) atoms. The lowest BCUT2D eigenvalue weighted by molar-refractivity contribution is -0.128. The summed E-state index contributed by atoms with van der Waals surface area (Å²) in [4.78, 5) is 15.0. The van der Waals surface area contributed by atoms with Crippen molar-refractivity contribution in [2.45, 2.75) is 30.9 Å². The molecule has 0 saturated heterocycles. The normalized spacial score (nSPS) is 20.0. The van der Waals surface area contributed by atoms with E-state index in [0.717, 1.165) is 35.4 Å². The van der Waals surface area contributed by atoms with E-state index < -0.39 is 0 Å². The molecule has 1 aliphatic heterocycles. The molecule has 0 saturated carbocycles. The van der Waals surface area contributed by atoms with Crippen LogP contribution in [0.2, 0.25) is 0 Å². The summed E-state index contributed by atoms with van der Waals surface area (Å²) in [5, 5.41) is -0.365. The van der Waals surface area contributed by atoms with Gasteiger partial charge in [0.05, 0.1) is 12.4 Å². The number of hydrogen-bond acceptors (Lipinski definition) is 3. The standard InChI is InChI=1S/C22H25NO2S/c1-3-4-14-23-20(17-10-12-18(25-2)13-11-17)15-19(21(26)22(23)24)16-8-6-5-7-9-16/h5-13,15,19,21,26H,3-4,14H2,1-2H3/t19-,21-/m1/s1. The van der Waals surface area contributed by atoms with E-state index >= 15 is 0 Å². The first-order valence-electron chi connectivity index (χ1n) is 9.06. The quantitative estimate of drug-likeness (QED) is 0.746. The topological polar surface area (TPSA) is 29.5 Å². The maximum atomic E-state index is 13.1. The van der Waals surface area contributed by atoms with E-state index in [0.29, 0.717) is 6.54 Å². The lowest BCUT2D eigenvalue weighted by Gasteiger charge is -2.36. The maximum Gasteiger partial charge on any atom is 0.240 e. The molecule has 2 aromatic carbocycles. The van der Waals surface area contributed by atoms with Crippen LogP contribution in [0.4, 0.5) is 0 Å². The summed E-state index contributed by atoms with van der Waals surface area (Å²) in [7, 11) is 1.66. The zero-order valence-electron chi connectivity index (χ0n) is 15.3. The average molecular weight is 368 g/mol. The summed E-state index contributed by atoms with van der Waals surface area (Å²) in [6, 6.07) is 18.0. The van der Waals surface area contributed by atoms with Crippen LogP contribution in [0.3, 0.4) is 0 Å². The van der Waals surface area contributed by atoms with Crippen molar-refractivity contribution in [2.75, 3.05) is 13.7 Å². The Balaban J connectivity index is 2.04. The summed E-state index contributed by atoms with van der Waals surface area (Å²) < 4.78 is 5.26. The molecular weight excluding hydrogens is 342 g/mol. The van der Waals surface area contributed by atoms with E-state index in [4.69, 9.17) is 4.74 Å². The summed E-state index contributed by atoms with van der Waals surface area (Å²) in [5.74, 6) is 0.842. The molecule has 0 unspecified atom stereocenters. The molecule has 0 radical (unpaired) electrons. The second-order valence-electron chi connectivity index (χ2n) is 6.51. The molecule has 0 spiro atoms. The number of methoxy groups -OCH3 is 1. The van der Waals surface area contributed by atoms with Gasteiger partial charge in [0, 0.05) is 18.2 Å². The third-order valence-corrected chi connectivity index (χ3v) is 5.34. The van der Waals surface area contributed by atoms with Crippen LogP contribution in [0.1, 0.15) is 36.8 Å². The highest BCUT2D eigenvalue weighted by Crippen LogP contribution is 2.37. The first kappa shape index (κ1) is 18.6. The number of amides is 1. The predicted molar refractivity (Wildman–Crippen MR) is 110 cm³/mol. The van der Waals surface area contributed by atoms with Crippen LogP contribution < -0.4 is 4.74 Å². The van der Waals surface area contributed by atoms with Crippen LogP contribution >= 0.6 is 12.6 Å². The summed E-state index contributed by atoms with van der Waals surface area (Å²) in [5.41, 5.74) is 3.10. The van der Waals surface area contributed by atoms with E-state index in [2.05, 4.69) is 37.8 Å². The van der Waals surface area contributed by atoms with Crippen LogP contribution in [0.15, 0.2) is 60.7 Å². The third-order valence-electron chi connectivity index (χ3n) is 4.79. The smallest absolute Gasteiger partial charge is 0.240 e. The van der Waals surface area contributed by atoms with E-state index in [9.17, 15) is 4.79 Å². The van der Waals surface area contributed by atoms with Crippen molar-refractivity contribution in [2.24, 2.45) is 0 Å². The molecule has 4 heteroatoms. The molecule has 0 aliphatic carbocycles. The first-order chi connectivity index (χ1) is 12.7. The minimum Gasteiger partial charge on any atom is -0.497 e. The van der Waals surface area contributed by atoms with Crippen molar-refractivity contribution in [3.05, 3.63) is 71.8 Å². The molecule has 136 valence electrons. The molecule has 3 nitrogen and oxygen atoms in total. The number of nitrogens with zero attached hydrogens (tertiary/aromatic N) is 1. The fraction of sp³-hybridized carbons (Fsp3) is 0.318. The highest BCUT2D eigenvalue weighted by atomic mass is 32.1. The molecule has 0 bridgehead atoms. The van der Waals surface area contributed by atoms with E-state index in [1.54, 1.807) is 7.11 Å². The van der Waals surface area contributed by atoms with Gasteiger partial charge in [-0.15, -0.1) is 0 Å². The number of benzene rings is 2. The van der Waals surface area contributed by atoms with Crippen molar-refractivity contribution >= 4 is 24.2 Å². The second kappa shape index (κ2) is 8.45. The fourth-order valence-corrected chi connectivity index (χ4v) is 3.70. The lowest BCUT2D eigenvalue weighted by atomic mass is 9.88. The van der Waals surface area contributed by atoms with E-state index in [1.165, 1.54) is 0 Å². The molecule has 1 amide bonds. The molecule has 3 rings (SSSR count). The van der Waals surface area contributed by atoms with Gasteiger partial charge in [0.2, 0.25) is 5.91 Å². The van der Waals surface area contributed by atoms with Gasteiger partial charge in [-0.3, -0.25) is 4.79 Å². The molecule has 2 atom stereocenters. The van der Waals surface area contributed by atoms with Gasteiger partial charge < -0.3 is 9.64 Å². The number of carbonyl (C=O) groups is 1. The van der Waals surface area contributed by atoms with Gasteiger partial charge in [-0.1, -0.05) is 49.8 Å². The second-order valence-corrected chi connectivity index (χ2v) is 7.06. The monoisotopic (exact) mass is 367 g/mol. The zero-order valence-corrected chi connectivity index (χ0v) is 16.2. The highest BCUT2D eigenvalue weighted by Gasteiger charge is 2.35. The van der Waals surface area contributed by atoms with Gasteiger partial charge >= 0.3 is 0 Å². The molecule has 1 aliphatic rings. The Labute approximate surface area is 161 Å². The van der Waals surface area contributed by atoms with Crippen LogP contribution in [-0.2, 0) is 4.79 Å². The van der Waals surface area contributed by atoms with Gasteiger partial charge in [0.1, 0.15) is 5.75 Å². The largest absolute Gasteiger partial charge is 0.497 e. The first-order valence-corrected chi connectivity index (χ1v) is 9.58. The Morgan fingerprint density at radius 1 is 1.08 bits per heavy atom. The number of hydrogen-bond donors (Lipinski definition) is 1. The maximum absolute atomic E-state index is 13.1. The fourth-order valence-electron chi connectivity index (χ4n) is 3.30. The predicted octanol–water partition coefficient (Wildman–Crippen LogP) is 4.76. The minimum absolute atomic E-state index is 0.0398. The van der Waals surface area contributed by atoms with Crippen LogP contribution in [0, 0.1) is 0 Å². The van der Waals surface area contributed by atoms with Gasteiger partial charge in [-0.05, 0) is 41.8 Å². The number of carbonyl (C=O) groups excluding carboxylic acids is 1. The molecule has 0 fully saturated rings. The molecule has 1 heterocycles. The lowest BCUT2D eigenvalue weighted by Crippen LogP contribution is -2.42. The van der Waals surface area contributed by atoms with E-state index in [1.807, 2.05) is 47.4 Å². The summed E-state index contributed by atoms with van der Waals surface area (Å²) in [6.45, 7) is 2.85. The van der Waals surface area contributed by atoms with Crippen LogP contribution in [-0.4, -0.2) is 29.7 Å². The minimum atomic E-state index is -0.365. The van der Waals surface area contributed by atoms with Crippen molar-refractivity contribution in [3.8, 4) is 5.75 Å². The van der Waals surface area contributed by atoms with Crippen LogP contribution in [0.25, 0.3) is 5.70 Å². The van der Waals surface area contributed by atoms with Gasteiger partial charge in [0.15, 0.2) is 0 Å². The molecule has 2 aromatic rings. The summed E-state index contributed by atoms with van der Waals surface area (Å²) >= 11 is 4.67. The van der Waals surface area contributed by atoms with Gasteiger partial charge in [-0.25, -0.2) is 0 Å². The Morgan fingerprint density at radius 3 is 2.38 bits per heavy atom. The number of unbranched alkanes of at least 4 members (excludes halogenated alkanes) is 1. The number of rotatable bonds is 6. The Kier molecular flexibility index (Phi) is 6.04. The van der Waals surface area contributed by atoms with E-state index in [-0.39, 0.29) is 17.1 Å². The summed E-state index contributed by atoms with van der Waals surface area (Å²) in [6.07, 6.45) is 4.20. The highest BCUT2D eigenvalue weighted by molar-refractivity contribution is 7.81. The molecule has 0 aromatic heterocycles. The number of allylic oxidation sites excluding steroid dienone is 1. The number of thiol groups is 1. The van der Waals surface area contributed by atoms with Crippen molar-refractivity contribution in [1.29, 1.82) is 0 Å². The molecular formula is C22H25NO2S. The van der Waals surface area contributed by atoms with Crippen molar-refractivity contribution in [3.63, 3.8) is 0 Å². The third kappa shape index (κ3) is 3.80. The van der Waals surface area contributed by atoms with Crippen molar-refractivity contribution < 1.29 is 9.53 Å². The molecule has 0 N–H and O–H groups in total.